The van der Waals surface area contributed by atoms with Crippen LogP contribution in [0.3, 0.4) is 0 Å². The molecule has 7 aromatic carbocycles. The van der Waals surface area contributed by atoms with E-state index in [4.69, 9.17) is 8.83 Å². The zero-order chi connectivity index (χ0) is 31.2. The van der Waals surface area contributed by atoms with Crippen LogP contribution >= 0.6 is 0 Å². The van der Waals surface area contributed by atoms with Crippen molar-refractivity contribution in [3.63, 3.8) is 0 Å². The Balaban J connectivity index is 1.39. The second kappa shape index (κ2) is 9.73. The molecule has 0 radical (unpaired) electrons. The summed E-state index contributed by atoms with van der Waals surface area (Å²) in [6, 6.07) is 45.5. The number of nitrogens with zero attached hydrogens (tertiary/aromatic N) is 1. The normalized spacial score (nSPS) is 12.3. The average Bonchev–Trinajstić information content (AvgIpc) is 3.61. The first-order chi connectivity index (χ1) is 22.3. The fraction of sp³-hybridized carbons (Fsp3) is 0.116. The zero-order valence-electron chi connectivity index (χ0n) is 26.4. The van der Waals surface area contributed by atoms with Crippen molar-refractivity contribution in [2.24, 2.45) is 0 Å². The van der Waals surface area contributed by atoms with Crippen LogP contribution in [0.25, 0.3) is 65.4 Å². The van der Waals surface area contributed by atoms with Gasteiger partial charge in [0.1, 0.15) is 16.7 Å². The molecule has 0 aliphatic rings. The molecule has 0 N–H and O–H groups in total. The summed E-state index contributed by atoms with van der Waals surface area (Å²) in [5.74, 6) is 0. The van der Waals surface area contributed by atoms with Crippen molar-refractivity contribution < 1.29 is 8.83 Å². The number of rotatable bonds is 3. The van der Waals surface area contributed by atoms with Gasteiger partial charge >= 0.3 is 0 Å². The van der Waals surface area contributed by atoms with Crippen molar-refractivity contribution >= 4 is 82.5 Å². The number of aryl methyl sites for hydroxylation is 1. The maximum absolute atomic E-state index is 6.92. The first-order valence-electron chi connectivity index (χ1n) is 15.9. The monoisotopic (exact) mass is 595 g/mol. The second-order valence-corrected chi connectivity index (χ2v) is 13.5. The Morgan fingerprint density at radius 1 is 0.500 bits per heavy atom. The second-order valence-electron chi connectivity index (χ2n) is 13.5. The van der Waals surface area contributed by atoms with Crippen LogP contribution in [-0.4, -0.2) is 0 Å². The first-order valence-corrected chi connectivity index (χ1v) is 15.9. The molecule has 3 nitrogen and oxygen atoms in total. The van der Waals surface area contributed by atoms with E-state index in [-0.39, 0.29) is 5.41 Å². The number of anilines is 3. The van der Waals surface area contributed by atoms with E-state index in [0.29, 0.717) is 0 Å². The first kappa shape index (κ1) is 26.8. The number of fused-ring (bicyclic) bond motifs is 9. The summed E-state index contributed by atoms with van der Waals surface area (Å²) in [6.07, 6.45) is 0. The molecule has 0 atom stereocenters. The fourth-order valence-electron chi connectivity index (χ4n) is 7.24. The summed E-state index contributed by atoms with van der Waals surface area (Å²) in [4.78, 5) is 2.35. The number of furan rings is 2. The highest BCUT2D eigenvalue weighted by Gasteiger charge is 2.26. The summed E-state index contributed by atoms with van der Waals surface area (Å²) in [6.45, 7) is 8.87. The molecule has 3 heteroatoms. The minimum Gasteiger partial charge on any atom is -0.456 e. The van der Waals surface area contributed by atoms with E-state index in [1.54, 1.807) is 0 Å². The molecule has 222 valence electrons. The summed E-state index contributed by atoms with van der Waals surface area (Å²) >= 11 is 0. The number of hydrogen-bond donors (Lipinski definition) is 0. The Bertz CT molecular complexity index is 2650. The van der Waals surface area contributed by atoms with Crippen LogP contribution in [0.4, 0.5) is 17.1 Å². The molecule has 9 aromatic rings. The van der Waals surface area contributed by atoms with Gasteiger partial charge in [-0.15, -0.1) is 0 Å². The molecule has 0 bridgehead atoms. The van der Waals surface area contributed by atoms with E-state index in [1.807, 2.05) is 0 Å². The van der Waals surface area contributed by atoms with Crippen LogP contribution in [0.2, 0.25) is 0 Å². The summed E-state index contributed by atoms with van der Waals surface area (Å²) < 4.78 is 13.6. The van der Waals surface area contributed by atoms with Gasteiger partial charge in [-0.3, -0.25) is 0 Å². The van der Waals surface area contributed by atoms with Crippen molar-refractivity contribution in [3.8, 4) is 0 Å². The Hall–Kier alpha value is -5.54. The lowest BCUT2D eigenvalue weighted by molar-refractivity contribution is 0.573. The maximum atomic E-state index is 6.92. The molecule has 0 unspecified atom stereocenters. The van der Waals surface area contributed by atoms with Crippen molar-refractivity contribution in [3.05, 3.63) is 139 Å². The van der Waals surface area contributed by atoms with E-state index < -0.39 is 0 Å². The fourth-order valence-corrected chi connectivity index (χ4v) is 7.24. The zero-order valence-corrected chi connectivity index (χ0v) is 26.4. The van der Waals surface area contributed by atoms with Crippen molar-refractivity contribution in [2.45, 2.75) is 33.1 Å². The summed E-state index contributed by atoms with van der Waals surface area (Å²) in [7, 11) is 0. The van der Waals surface area contributed by atoms with E-state index in [9.17, 15) is 0 Å². The Morgan fingerprint density at radius 2 is 1.17 bits per heavy atom. The molecule has 0 spiro atoms. The highest BCUT2D eigenvalue weighted by Crippen LogP contribution is 2.48. The molecule has 46 heavy (non-hydrogen) atoms. The molecule has 2 heterocycles. The molecule has 0 aliphatic heterocycles. The predicted octanol–water partition coefficient (Wildman–Crippen LogP) is 12.9. The van der Waals surface area contributed by atoms with Crippen LogP contribution in [0, 0.1) is 6.92 Å². The molecule has 0 aliphatic carbocycles. The smallest absolute Gasteiger partial charge is 0.159 e. The largest absolute Gasteiger partial charge is 0.456 e. The lowest BCUT2D eigenvalue weighted by atomic mass is 9.86. The molecule has 9 rings (SSSR count). The van der Waals surface area contributed by atoms with E-state index >= 15 is 0 Å². The van der Waals surface area contributed by atoms with Gasteiger partial charge in [0.05, 0.1) is 11.4 Å². The molecule has 2 aromatic heterocycles. The third-order valence-corrected chi connectivity index (χ3v) is 9.38. The van der Waals surface area contributed by atoms with Gasteiger partial charge in [0.25, 0.3) is 0 Å². The predicted molar refractivity (Wildman–Crippen MR) is 194 cm³/mol. The molecule has 0 saturated carbocycles. The van der Waals surface area contributed by atoms with Gasteiger partial charge in [-0.2, -0.15) is 0 Å². The van der Waals surface area contributed by atoms with Crippen molar-refractivity contribution in [1.82, 2.24) is 0 Å². The van der Waals surface area contributed by atoms with Crippen LogP contribution < -0.4 is 4.90 Å². The molecular weight excluding hydrogens is 562 g/mol. The number of hydrogen-bond acceptors (Lipinski definition) is 3. The summed E-state index contributed by atoms with van der Waals surface area (Å²) in [5.41, 5.74) is 9.02. The molecule has 0 amide bonds. The third kappa shape index (κ3) is 3.98. The maximum Gasteiger partial charge on any atom is 0.159 e. The summed E-state index contributed by atoms with van der Waals surface area (Å²) in [5, 5.41) is 9.21. The van der Waals surface area contributed by atoms with Crippen LogP contribution in [0.1, 0.15) is 31.9 Å². The minimum atomic E-state index is -0.0584. The quantitative estimate of drug-likeness (QED) is 0.203. The van der Waals surface area contributed by atoms with Crippen LogP contribution in [0.15, 0.2) is 136 Å². The van der Waals surface area contributed by atoms with Crippen molar-refractivity contribution in [1.29, 1.82) is 0 Å². The molecular formula is C43H33NO2. The van der Waals surface area contributed by atoms with E-state index in [0.717, 1.165) is 71.7 Å². The van der Waals surface area contributed by atoms with Gasteiger partial charge < -0.3 is 13.7 Å². The van der Waals surface area contributed by atoms with Gasteiger partial charge in [-0.05, 0) is 64.4 Å². The van der Waals surface area contributed by atoms with E-state index in [1.165, 1.54) is 21.9 Å². The average molecular weight is 596 g/mol. The van der Waals surface area contributed by atoms with Gasteiger partial charge in [-0.1, -0.05) is 112 Å². The Kier molecular flexibility index (Phi) is 5.67. The lowest BCUT2D eigenvalue weighted by Gasteiger charge is -2.27. The van der Waals surface area contributed by atoms with Crippen LogP contribution in [0.5, 0.6) is 0 Å². The van der Waals surface area contributed by atoms with Gasteiger partial charge in [0.2, 0.25) is 0 Å². The Labute approximate surface area is 267 Å². The van der Waals surface area contributed by atoms with Gasteiger partial charge in [0, 0.05) is 44.2 Å². The minimum absolute atomic E-state index is 0.0584. The lowest BCUT2D eigenvalue weighted by Crippen LogP contribution is -2.11. The van der Waals surface area contributed by atoms with Gasteiger partial charge in [0.15, 0.2) is 5.58 Å². The topological polar surface area (TPSA) is 29.5 Å². The molecule has 0 fully saturated rings. The Morgan fingerprint density at radius 3 is 1.96 bits per heavy atom. The third-order valence-electron chi connectivity index (χ3n) is 9.38. The SMILES string of the molecule is Cc1cccc(N(c2cc3oc4cc5ccccc5cc4c3c3ccccc23)c2cccc3c2oc2c(C(C)(C)C)cccc23)c1. The van der Waals surface area contributed by atoms with Crippen LogP contribution in [-0.2, 0) is 5.41 Å². The molecule has 0 saturated heterocycles. The highest BCUT2D eigenvalue weighted by atomic mass is 16.3. The van der Waals surface area contributed by atoms with Crippen molar-refractivity contribution in [2.75, 3.05) is 4.90 Å². The van der Waals surface area contributed by atoms with E-state index in [2.05, 4.69) is 160 Å². The number of para-hydroxylation sites is 2. The number of benzene rings is 7. The standard InChI is InChI=1S/C43H33NO2/c1-26-12-9-15-29(22-26)44(36-21-11-19-33-32-18-10-20-35(43(2,3)4)41(32)46-42(33)36)37-25-39-40(31-17-8-7-16-30(31)37)34-23-27-13-5-6-14-28(27)24-38(34)45-39/h5-25H,1-4H3. The van der Waals surface area contributed by atoms with Gasteiger partial charge in [-0.25, -0.2) is 0 Å². The highest BCUT2D eigenvalue weighted by molar-refractivity contribution is 6.24.